The van der Waals surface area contributed by atoms with Gasteiger partial charge in [0.05, 0.1) is 50.3 Å². The Morgan fingerprint density at radius 3 is 1.40 bits per heavy atom. The summed E-state index contributed by atoms with van der Waals surface area (Å²) in [5.41, 5.74) is 26.1. The predicted molar refractivity (Wildman–Crippen MR) is 374 cm³/mol. The summed E-state index contributed by atoms with van der Waals surface area (Å²) in [7, 11) is 0. The Balaban J connectivity index is 1.09. The molecule has 4 aliphatic carbocycles. The minimum absolute atomic E-state index is 0.171. The van der Waals surface area contributed by atoms with E-state index in [-0.39, 0.29) is 11.8 Å². The van der Waals surface area contributed by atoms with Crippen LogP contribution >= 0.6 is 0 Å². The van der Waals surface area contributed by atoms with Crippen molar-refractivity contribution in [3.8, 4) is 62.2 Å². The molecule has 0 saturated heterocycles. The van der Waals surface area contributed by atoms with E-state index in [1.165, 1.54) is 33.2 Å². The van der Waals surface area contributed by atoms with Gasteiger partial charge < -0.3 is 18.3 Å². The molecular formula is C85H61N5. The maximum absolute atomic E-state index is 13.4. The summed E-state index contributed by atoms with van der Waals surface area (Å²) in [5.74, 6) is 0.382. The smallest absolute Gasteiger partial charge is 0.104 e. The lowest BCUT2D eigenvalue weighted by Crippen LogP contribution is -2.18. The van der Waals surface area contributed by atoms with Crippen molar-refractivity contribution in [3.05, 3.63) is 317 Å². The van der Waals surface area contributed by atoms with Crippen LogP contribution in [0, 0.1) is 17.2 Å². The van der Waals surface area contributed by atoms with Gasteiger partial charge in [0.1, 0.15) is 11.6 Å². The average molecular weight is 1150 g/mol. The summed E-state index contributed by atoms with van der Waals surface area (Å²) in [6.45, 7) is 0. The summed E-state index contributed by atoms with van der Waals surface area (Å²) < 4.78 is 10.1. The number of hydrogen-bond acceptors (Lipinski definition) is 1. The maximum atomic E-state index is 13.4. The minimum atomic E-state index is 0.171. The third-order valence-corrected chi connectivity index (χ3v) is 19.8. The van der Waals surface area contributed by atoms with E-state index in [1.807, 2.05) is 0 Å². The number of allylic oxidation sites excluding steroid dienone is 7. The van der Waals surface area contributed by atoms with Crippen molar-refractivity contribution in [2.45, 2.75) is 44.4 Å². The fraction of sp³-hybridized carbons (Fsp3) is 0.0941. The van der Waals surface area contributed by atoms with Gasteiger partial charge in [0.2, 0.25) is 0 Å². The third-order valence-electron chi connectivity index (χ3n) is 19.8. The fourth-order valence-corrected chi connectivity index (χ4v) is 15.8. The van der Waals surface area contributed by atoms with Crippen molar-refractivity contribution >= 4 is 72.7 Å². The van der Waals surface area contributed by atoms with Gasteiger partial charge in [-0.25, -0.2) is 0 Å². The lowest BCUT2D eigenvalue weighted by Gasteiger charge is -2.30. The first-order valence-corrected chi connectivity index (χ1v) is 31.9. The number of nitrogens with zero attached hydrogens (tertiary/aromatic N) is 5. The summed E-state index contributed by atoms with van der Waals surface area (Å²) in [4.78, 5) is 0. The molecule has 2 atom stereocenters. The molecule has 4 aliphatic rings. The van der Waals surface area contributed by atoms with Crippen molar-refractivity contribution in [2.24, 2.45) is 5.92 Å². The standard InChI is InChI=1S/C85H61N5/c86-54-72-82(87-77-46-42-60(55-24-6-1-7-25-55)50-68(77)69-51-61(43-47-78(69)87)56-26-8-2-9-27-56)84(89-73-38-20-16-34-64(73)65-35-17-21-39-74(65)89)81(59-32-14-5-15-33-59)85(90-75-40-22-18-36-66(75)67-37-19-23-41-76(67)90)83(72)88-79-48-44-62(57-28-10-3-11-29-57)52-70(79)71-53-63(45-49-80(71)88)58-30-12-4-13-31-58/h1-3,5-12,14-18,20-36,38-51,62-63H,4,13,19,37,52-53H2. The maximum Gasteiger partial charge on any atom is 0.104 e. The zero-order chi connectivity index (χ0) is 59.4. The average Bonchev–Trinajstić information content (AvgIpc) is 1.48. The van der Waals surface area contributed by atoms with Crippen LogP contribution in [-0.2, 0) is 19.3 Å². The van der Waals surface area contributed by atoms with Crippen molar-refractivity contribution in [1.82, 2.24) is 18.3 Å². The SMILES string of the molecule is N#Cc1c(-n2c3c(c4c2C=CC(c2ccccc2)C4)CC(C2=CCCC=C2)C=C3)c(-n2c3c(c4ccccc42)CCC=C3)c(-c2ccccc2)c(-n2c3ccccc3c3ccccc32)c1-n1c2ccc(-c3ccccc3)cc2c2cc(-c3ccccc3)ccc21. The molecule has 0 aliphatic heterocycles. The van der Waals surface area contributed by atoms with Gasteiger partial charge in [-0.1, -0.05) is 225 Å². The second kappa shape index (κ2) is 21.0. The second-order valence-electron chi connectivity index (χ2n) is 24.7. The molecule has 5 nitrogen and oxygen atoms in total. The molecule has 2 unspecified atom stereocenters. The molecule has 4 aromatic heterocycles. The summed E-state index contributed by atoms with van der Waals surface area (Å²) in [5, 5.41) is 19.1. The van der Waals surface area contributed by atoms with E-state index in [4.69, 9.17) is 0 Å². The largest absolute Gasteiger partial charge is 0.307 e. The molecule has 0 radical (unpaired) electrons. The Morgan fingerprint density at radius 1 is 0.344 bits per heavy atom. The first-order valence-electron chi connectivity index (χ1n) is 31.9. The van der Waals surface area contributed by atoms with E-state index in [1.54, 1.807) is 0 Å². The van der Waals surface area contributed by atoms with Crippen LogP contribution in [-0.4, -0.2) is 18.3 Å². The second-order valence-corrected chi connectivity index (χ2v) is 24.7. The van der Waals surface area contributed by atoms with Crippen LogP contribution in [0.4, 0.5) is 0 Å². The number of benzene rings is 10. The van der Waals surface area contributed by atoms with Crippen LogP contribution in [0.25, 0.3) is 129 Å². The van der Waals surface area contributed by atoms with Crippen LogP contribution in [0.5, 0.6) is 0 Å². The monoisotopic (exact) mass is 1150 g/mol. The van der Waals surface area contributed by atoms with E-state index in [2.05, 4.69) is 310 Å². The van der Waals surface area contributed by atoms with E-state index in [0.717, 1.165) is 161 Å². The Hall–Kier alpha value is -11.2. The number of hydrogen-bond donors (Lipinski definition) is 0. The Morgan fingerprint density at radius 2 is 0.811 bits per heavy atom. The number of nitriles is 1. The van der Waals surface area contributed by atoms with Crippen molar-refractivity contribution < 1.29 is 0 Å². The minimum Gasteiger partial charge on any atom is -0.307 e. The van der Waals surface area contributed by atoms with Gasteiger partial charge in [-0.15, -0.1) is 0 Å². The molecule has 0 spiro atoms. The van der Waals surface area contributed by atoms with Gasteiger partial charge in [0.15, 0.2) is 0 Å². The van der Waals surface area contributed by atoms with E-state index in [0.29, 0.717) is 5.56 Å². The molecule has 18 rings (SSSR count). The highest BCUT2D eigenvalue weighted by molar-refractivity contribution is 6.15. The quantitative estimate of drug-likeness (QED) is 0.142. The van der Waals surface area contributed by atoms with Gasteiger partial charge >= 0.3 is 0 Å². The Kier molecular flexibility index (Phi) is 12.1. The topological polar surface area (TPSA) is 43.5 Å². The van der Waals surface area contributed by atoms with Gasteiger partial charge in [-0.2, -0.15) is 5.26 Å². The molecular weight excluding hydrogens is 1090 g/mol. The van der Waals surface area contributed by atoms with Crippen molar-refractivity contribution in [2.75, 3.05) is 0 Å². The highest BCUT2D eigenvalue weighted by Crippen LogP contribution is 2.53. The molecule has 90 heavy (non-hydrogen) atoms. The first-order chi connectivity index (χ1) is 44.7. The number of aryl methyl sites for hydroxylation is 1. The zero-order valence-electron chi connectivity index (χ0n) is 49.8. The van der Waals surface area contributed by atoms with E-state index >= 15 is 0 Å². The molecule has 0 saturated carbocycles. The Bertz CT molecular complexity index is 5320. The number of fused-ring (bicyclic) bond motifs is 12. The summed E-state index contributed by atoms with van der Waals surface area (Å²) >= 11 is 0. The predicted octanol–water partition coefficient (Wildman–Crippen LogP) is 21.3. The van der Waals surface area contributed by atoms with Crippen LogP contribution in [0.3, 0.4) is 0 Å². The molecule has 0 N–H and O–H groups in total. The lowest BCUT2D eigenvalue weighted by molar-refractivity contribution is 0.733. The normalized spacial score (nSPS) is 15.8. The number of aromatic nitrogens is 4. The zero-order valence-corrected chi connectivity index (χ0v) is 49.8. The first kappa shape index (κ1) is 52.0. The van der Waals surface area contributed by atoms with Crippen molar-refractivity contribution in [3.63, 3.8) is 0 Å². The highest BCUT2D eigenvalue weighted by atomic mass is 15.1. The molecule has 426 valence electrons. The van der Waals surface area contributed by atoms with Gasteiger partial charge in [-0.05, 0) is 155 Å². The van der Waals surface area contributed by atoms with Gasteiger partial charge in [-0.3, -0.25) is 0 Å². The third kappa shape index (κ3) is 8.01. The number of para-hydroxylation sites is 3. The van der Waals surface area contributed by atoms with Gasteiger partial charge in [0.25, 0.3) is 0 Å². The van der Waals surface area contributed by atoms with Crippen LogP contribution < -0.4 is 0 Å². The fourth-order valence-electron chi connectivity index (χ4n) is 15.8. The molecule has 0 fully saturated rings. The van der Waals surface area contributed by atoms with Gasteiger partial charge in [0, 0.05) is 61.4 Å². The molecule has 0 bridgehead atoms. The summed E-state index contributed by atoms with van der Waals surface area (Å²) in [6.07, 6.45) is 27.3. The summed E-state index contributed by atoms with van der Waals surface area (Å²) in [6, 6.07) is 87.5. The van der Waals surface area contributed by atoms with E-state index < -0.39 is 0 Å². The van der Waals surface area contributed by atoms with Crippen molar-refractivity contribution in [1.29, 1.82) is 5.26 Å². The van der Waals surface area contributed by atoms with Crippen LogP contribution in [0.1, 0.15) is 70.1 Å². The molecule has 10 aromatic carbocycles. The highest BCUT2D eigenvalue weighted by Gasteiger charge is 2.38. The number of rotatable bonds is 9. The molecule has 0 amide bonds. The Labute approximate surface area is 523 Å². The van der Waals surface area contributed by atoms with Crippen LogP contribution in [0.2, 0.25) is 0 Å². The lowest BCUT2D eigenvalue weighted by atomic mass is 9.80. The molecule has 14 aromatic rings. The van der Waals surface area contributed by atoms with E-state index in [9.17, 15) is 5.26 Å². The van der Waals surface area contributed by atoms with Crippen LogP contribution in [0.15, 0.2) is 273 Å². The molecule has 5 heteroatoms. The molecule has 4 heterocycles.